The van der Waals surface area contributed by atoms with E-state index in [2.05, 4.69) is 15.3 Å². The molecule has 1 unspecified atom stereocenters. The van der Waals surface area contributed by atoms with Crippen LogP contribution in [0.15, 0.2) is 55.0 Å². The van der Waals surface area contributed by atoms with Crippen molar-refractivity contribution in [3.8, 4) is 11.1 Å². The molecule has 3 heterocycles. The van der Waals surface area contributed by atoms with Gasteiger partial charge >= 0.3 is 0 Å². The fourth-order valence-electron chi connectivity index (χ4n) is 4.12. The van der Waals surface area contributed by atoms with E-state index >= 15 is 0 Å². The molecule has 3 aromatic rings. The van der Waals surface area contributed by atoms with Crippen LogP contribution in [0.25, 0.3) is 11.1 Å². The number of rotatable bonds is 7. The third-order valence-electron chi connectivity index (χ3n) is 6.11. The fraction of sp³-hybridized carbons (Fsp3) is 0.400. The summed E-state index contributed by atoms with van der Waals surface area (Å²) in [5, 5.41) is 8.23. The van der Waals surface area contributed by atoms with E-state index < -0.39 is 6.04 Å². The lowest BCUT2D eigenvalue weighted by Gasteiger charge is -2.40. The maximum Gasteiger partial charge on any atom is 0.245 e. The van der Waals surface area contributed by atoms with Gasteiger partial charge in [0.05, 0.1) is 5.69 Å². The minimum Gasteiger partial charge on any atom is -0.339 e. The number of hydrogen-bond acceptors (Lipinski definition) is 5. The Bertz CT molecular complexity index is 1090. The van der Waals surface area contributed by atoms with Gasteiger partial charge in [0, 0.05) is 44.6 Å². The van der Waals surface area contributed by atoms with Crippen LogP contribution in [0.4, 0.5) is 0 Å². The quantitative estimate of drug-likeness (QED) is 0.557. The van der Waals surface area contributed by atoms with Gasteiger partial charge < -0.3 is 9.80 Å². The first-order chi connectivity index (χ1) is 16.0. The molecule has 1 fully saturated rings. The molecule has 0 radical (unpaired) electrons. The van der Waals surface area contributed by atoms with E-state index in [0.717, 1.165) is 22.4 Å². The molecule has 0 N–H and O–H groups in total. The Morgan fingerprint density at radius 3 is 2.55 bits per heavy atom. The molecule has 0 bridgehead atoms. The summed E-state index contributed by atoms with van der Waals surface area (Å²) in [4.78, 5) is 34.1. The number of aromatic nitrogens is 4. The van der Waals surface area contributed by atoms with Gasteiger partial charge in [-0.3, -0.25) is 14.6 Å². The van der Waals surface area contributed by atoms with Crippen LogP contribution in [-0.4, -0.2) is 67.3 Å². The predicted molar refractivity (Wildman–Crippen MR) is 125 cm³/mol. The van der Waals surface area contributed by atoms with E-state index in [0.29, 0.717) is 26.1 Å². The van der Waals surface area contributed by atoms with Gasteiger partial charge in [0.1, 0.15) is 12.6 Å². The van der Waals surface area contributed by atoms with Crippen molar-refractivity contribution in [1.29, 1.82) is 0 Å². The second-order valence-corrected chi connectivity index (χ2v) is 8.66. The highest BCUT2D eigenvalue weighted by atomic mass is 16.2. The molecular weight excluding hydrogens is 416 g/mol. The summed E-state index contributed by atoms with van der Waals surface area (Å²) in [6, 6.07) is 11.5. The molecule has 1 atom stereocenters. The van der Waals surface area contributed by atoms with E-state index in [4.69, 9.17) is 0 Å². The monoisotopic (exact) mass is 446 g/mol. The van der Waals surface area contributed by atoms with E-state index in [-0.39, 0.29) is 24.3 Å². The van der Waals surface area contributed by atoms with Crippen molar-refractivity contribution in [3.63, 3.8) is 0 Å². The van der Waals surface area contributed by atoms with Gasteiger partial charge in [-0.05, 0) is 35.6 Å². The highest BCUT2D eigenvalue weighted by Gasteiger charge is 2.36. The molecule has 8 nitrogen and oxygen atoms in total. The van der Waals surface area contributed by atoms with Crippen molar-refractivity contribution in [2.24, 2.45) is 0 Å². The standard InChI is InChI=1S/C25H30N6O2/c1-4-29-12-13-31(24(32)17-30-16-22(18(2)3)27-28-30)23(25(29)33)14-19-7-9-20(10-8-19)21-6-5-11-26-15-21/h5-11,15-16,18,23H,4,12-14,17H2,1-3H3. The molecule has 1 aliphatic heterocycles. The lowest BCUT2D eigenvalue weighted by molar-refractivity contribution is -0.151. The topological polar surface area (TPSA) is 84.2 Å². The molecule has 1 aliphatic rings. The van der Waals surface area contributed by atoms with E-state index in [1.165, 1.54) is 0 Å². The first-order valence-electron chi connectivity index (χ1n) is 11.4. The van der Waals surface area contributed by atoms with Crippen molar-refractivity contribution in [2.45, 2.75) is 45.7 Å². The zero-order valence-electron chi connectivity index (χ0n) is 19.4. The van der Waals surface area contributed by atoms with Crippen molar-refractivity contribution in [3.05, 3.63) is 66.2 Å². The molecule has 2 aromatic heterocycles. The summed E-state index contributed by atoms with van der Waals surface area (Å²) < 4.78 is 1.56. The van der Waals surface area contributed by atoms with E-state index in [1.807, 2.05) is 68.3 Å². The lowest BCUT2D eigenvalue weighted by Crippen LogP contribution is -2.59. The fourth-order valence-corrected chi connectivity index (χ4v) is 4.12. The Hall–Kier alpha value is -3.55. The average molecular weight is 447 g/mol. The number of pyridine rings is 1. The maximum atomic E-state index is 13.2. The van der Waals surface area contributed by atoms with Crippen LogP contribution in [0, 0.1) is 0 Å². The summed E-state index contributed by atoms with van der Waals surface area (Å²) in [6.07, 6.45) is 5.86. The summed E-state index contributed by atoms with van der Waals surface area (Å²) >= 11 is 0. The summed E-state index contributed by atoms with van der Waals surface area (Å²) in [5.74, 6) is 0.122. The first kappa shape index (κ1) is 22.6. The Balaban J connectivity index is 1.51. The van der Waals surface area contributed by atoms with Crippen molar-refractivity contribution >= 4 is 11.8 Å². The Morgan fingerprint density at radius 2 is 1.91 bits per heavy atom. The molecule has 4 rings (SSSR count). The van der Waals surface area contributed by atoms with Crippen LogP contribution >= 0.6 is 0 Å². The largest absolute Gasteiger partial charge is 0.339 e. The maximum absolute atomic E-state index is 13.2. The molecule has 0 saturated carbocycles. The van der Waals surface area contributed by atoms with Gasteiger partial charge in [-0.2, -0.15) is 0 Å². The van der Waals surface area contributed by atoms with Crippen LogP contribution < -0.4 is 0 Å². The number of nitrogens with zero attached hydrogens (tertiary/aromatic N) is 6. The van der Waals surface area contributed by atoms with Crippen LogP contribution in [0.5, 0.6) is 0 Å². The molecule has 0 aliphatic carbocycles. The zero-order chi connectivity index (χ0) is 23.4. The molecule has 1 aromatic carbocycles. The number of benzene rings is 1. The van der Waals surface area contributed by atoms with Gasteiger partial charge in [-0.15, -0.1) is 5.10 Å². The second kappa shape index (κ2) is 9.94. The molecular formula is C25H30N6O2. The minimum atomic E-state index is -0.525. The van der Waals surface area contributed by atoms with Crippen molar-refractivity contribution in [2.75, 3.05) is 19.6 Å². The highest BCUT2D eigenvalue weighted by Crippen LogP contribution is 2.22. The number of carbonyl (C=O) groups is 2. The highest BCUT2D eigenvalue weighted by molar-refractivity contribution is 5.89. The predicted octanol–water partition coefficient (Wildman–Crippen LogP) is 2.77. The van der Waals surface area contributed by atoms with Gasteiger partial charge in [0.15, 0.2) is 0 Å². The van der Waals surface area contributed by atoms with Gasteiger partial charge in [0.25, 0.3) is 0 Å². The molecule has 172 valence electrons. The smallest absolute Gasteiger partial charge is 0.245 e. The summed E-state index contributed by atoms with van der Waals surface area (Å²) in [7, 11) is 0. The molecule has 0 spiro atoms. The van der Waals surface area contributed by atoms with Crippen LogP contribution in [0.1, 0.15) is 37.9 Å². The van der Waals surface area contributed by atoms with Gasteiger partial charge in [-0.25, -0.2) is 4.68 Å². The number of amides is 2. The van der Waals surface area contributed by atoms with E-state index in [1.54, 1.807) is 22.0 Å². The molecule has 2 amide bonds. The number of piperazine rings is 1. The molecule has 8 heteroatoms. The molecule has 33 heavy (non-hydrogen) atoms. The minimum absolute atomic E-state index is 0.00473. The third kappa shape index (κ3) is 5.10. The van der Waals surface area contributed by atoms with Crippen molar-refractivity contribution in [1.82, 2.24) is 29.8 Å². The summed E-state index contributed by atoms with van der Waals surface area (Å²) in [5.41, 5.74) is 3.97. The van der Waals surface area contributed by atoms with Gasteiger partial charge in [-0.1, -0.05) is 49.4 Å². The van der Waals surface area contributed by atoms with Gasteiger partial charge in [0.2, 0.25) is 11.8 Å². The number of likely N-dealkylation sites (N-methyl/N-ethyl adjacent to an activating group) is 1. The number of hydrogen-bond donors (Lipinski definition) is 0. The van der Waals surface area contributed by atoms with Crippen LogP contribution in [0.3, 0.4) is 0 Å². The van der Waals surface area contributed by atoms with E-state index in [9.17, 15) is 9.59 Å². The Labute approximate surface area is 194 Å². The van der Waals surface area contributed by atoms with Crippen LogP contribution in [0.2, 0.25) is 0 Å². The average Bonchev–Trinajstić information content (AvgIpc) is 3.30. The third-order valence-corrected chi connectivity index (χ3v) is 6.11. The summed E-state index contributed by atoms with van der Waals surface area (Å²) in [6.45, 7) is 7.82. The second-order valence-electron chi connectivity index (χ2n) is 8.66. The Morgan fingerprint density at radius 1 is 1.12 bits per heavy atom. The lowest BCUT2D eigenvalue weighted by atomic mass is 9.98. The van der Waals surface area contributed by atoms with Crippen molar-refractivity contribution < 1.29 is 9.59 Å². The van der Waals surface area contributed by atoms with Crippen LogP contribution in [-0.2, 0) is 22.6 Å². The first-order valence-corrected chi connectivity index (χ1v) is 11.4. The molecule has 1 saturated heterocycles. The SMILES string of the molecule is CCN1CCN(C(=O)Cn2cc(C(C)C)nn2)C(Cc2ccc(-c3cccnc3)cc2)C1=O. The number of carbonyl (C=O) groups excluding carboxylic acids is 2. The normalized spacial score (nSPS) is 16.5. The zero-order valence-corrected chi connectivity index (χ0v) is 19.4. The Kier molecular flexibility index (Phi) is 6.82.